The quantitative estimate of drug-likeness (QED) is 0.750. The molecule has 2 rings (SSSR count). The zero-order valence-electron chi connectivity index (χ0n) is 7.31. The van der Waals surface area contributed by atoms with Crippen molar-refractivity contribution < 1.29 is 9.90 Å². The van der Waals surface area contributed by atoms with Gasteiger partial charge in [0.25, 0.3) is 0 Å². The van der Waals surface area contributed by atoms with E-state index in [0.717, 1.165) is 12.8 Å². The van der Waals surface area contributed by atoms with Crippen molar-refractivity contribution in [1.82, 2.24) is 0 Å². The highest BCUT2D eigenvalue weighted by molar-refractivity contribution is 5.72. The fraction of sp³-hybridized carbons (Fsp3) is 0.364. The summed E-state index contributed by atoms with van der Waals surface area (Å²) in [6.07, 6.45) is 1.84. The van der Waals surface area contributed by atoms with Crippen LogP contribution in [-0.2, 0) is 4.79 Å². The number of carbonyl (C=O) groups is 1. The van der Waals surface area contributed by atoms with Crippen LogP contribution < -0.4 is 0 Å². The number of hydrogen-bond acceptors (Lipinski definition) is 1. The molecule has 68 valence electrons. The molecule has 0 aliphatic heterocycles. The fourth-order valence-corrected chi connectivity index (χ4v) is 1.89. The van der Waals surface area contributed by atoms with Gasteiger partial charge in [-0.1, -0.05) is 30.3 Å². The lowest BCUT2D eigenvalue weighted by Crippen LogP contribution is -2.30. The van der Waals surface area contributed by atoms with Crippen molar-refractivity contribution in [3.8, 4) is 0 Å². The second kappa shape index (κ2) is 3.21. The molecule has 0 spiro atoms. The van der Waals surface area contributed by atoms with Crippen molar-refractivity contribution in [3.05, 3.63) is 35.9 Å². The topological polar surface area (TPSA) is 37.3 Å². The van der Waals surface area contributed by atoms with Crippen LogP contribution in [0.3, 0.4) is 0 Å². The average molecular weight is 176 g/mol. The number of aliphatic carboxylic acids is 1. The molecule has 13 heavy (non-hydrogen) atoms. The summed E-state index contributed by atoms with van der Waals surface area (Å²) < 4.78 is 0. The van der Waals surface area contributed by atoms with Crippen molar-refractivity contribution in [2.24, 2.45) is 5.92 Å². The summed E-state index contributed by atoms with van der Waals surface area (Å²) in [7, 11) is 0. The van der Waals surface area contributed by atoms with E-state index in [0.29, 0.717) is 0 Å². The largest absolute Gasteiger partial charge is 0.481 e. The van der Waals surface area contributed by atoms with Gasteiger partial charge in [0.15, 0.2) is 0 Å². The molecule has 1 aromatic carbocycles. The van der Waals surface area contributed by atoms with E-state index in [4.69, 9.17) is 5.11 Å². The van der Waals surface area contributed by atoms with Crippen LogP contribution in [0.1, 0.15) is 24.3 Å². The minimum Gasteiger partial charge on any atom is -0.481 e. The van der Waals surface area contributed by atoms with E-state index in [-0.39, 0.29) is 11.8 Å². The molecule has 0 radical (unpaired) electrons. The zero-order valence-corrected chi connectivity index (χ0v) is 7.31. The third-order valence-corrected chi connectivity index (χ3v) is 2.82. The molecule has 0 amide bonds. The summed E-state index contributed by atoms with van der Waals surface area (Å²) in [4.78, 5) is 10.8. The van der Waals surface area contributed by atoms with Crippen molar-refractivity contribution in [1.29, 1.82) is 0 Å². The molecule has 0 heterocycles. The predicted molar refractivity (Wildman–Crippen MR) is 49.5 cm³/mol. The van der Waals surface area contributed by atoms with Crippen LogP contribution in [0.15, 0.2) is 30.3 Å². The van der Waals surface area contributed by atoms with Gasteiger partial charge in [0.05, 0.1) is 5.92 Å². The van der Waals surface area contributed by atoms with E-state index in [1.807, 2.05) is 30.3 Å². The molecule has 2 heteroatoms. The molecular formula is C11H12O2. The van der Waals surface area contributed by atoms with Crippen LogP contribution in [0.4, 0.5) is 0 Å². The van der Waals surface area contributed by atoms with Gasteiger partial charge in [-0.25, -0.2) is 0 Å². The van der Waals surface area contributed by atoms with Crippen LogP contribution in [0.2, 0.25) is 0 Å². The number of carboxylic acid groups (broad SMARTS) is 1. The fourth-order valence-electron chi connectivity index (χ4n) is 1.89. The molecule has 1 aliphatic rings. The molecule has 0 saturated heterocycles. The Kier molecular flexibility index (Phi) is 2.05. The molecule has 1 aromatic rings. The van der Waals surface area contributed by atoms with Gasteiger partial charge in [-0.3, -0.25) is 4.79 Å². The predicted octanol–water partition coefficient (Wildman–Crippen LogP) is 2.26. The molecule has 2 unspecified atom stereocenters. The SMILES string of the molecule is O=C(O)C1CCC1c1ccccc1. The summed E-state index contributed by atoms with van der Waals surface area (Å²) in [5, 5.41) is 8.86. The van der Waals surface area contributed by atoms with Gasteiger partial charge in [-0.2, -0.15) is 0 Å². The summed E-state index contributed by atoms with van der Waals surface area (Å²) >= 11 is 0. The van der Waals surface area contributed by atoms with E-state index < -0.39 is 5.97 Å². The summed E-state index contributed by atoms with van der Waals surface area (Å²) in [5.74, 6) is -0.554. The van der Waals surface area contributed by atoms with E-state index in [9.17, 15) is 4.79 Å². The van der Waals surface area contributed by atoms with Gasteiger partial charge in [-0.15, -0.1) is 0 Å². The Morgan fingerprint density at radius 2 is 1.92 bits per heavy atom. The van der Waals surface area contributed by atoms with E-state index in [1.54, 1.807) is 0 Å². The molecule has 0 aromatic heterocycles. The van der Waals surface area contributed by atoms with Gasteiger partial charge < -0.3 is 5.11 Å². The van der Waals surface area contributed by atoms with Gasteiger partial charge in [0, 0.05) is 0 Å². The van der Waals surface area contributed by atoms with Gasteiger partial charge in [0.1, 0.15) is 0 Å². The van der Waals surface area contributed by atoms with Crippen LogP contribution in [0.5, 0.6) is 0 Å². The highest BCUT2D eigenvalue weighted by Crippen LogP contribution is 2.42. The smallest absolute Gasteiger partial charge is 0.307 e. The molecule has 1 fully saturated rings. The van der Waals surface area contributed by atoms with Crippen molar-refractivity contribution in [3.63, 3.8) is 0 Å². The monoisotopic (exact) mass is 176 g/mol. The Hall–Kier alpha value is -1.31. The molecule has 0 bridgehead atoms. The van der Waals surface area contributed by atoms with Crippen LogP contribution in [0, 0.1) is 5.92 Å². The Morgan fingerprint density at radius 3 is 2.38 bits per heavy atom. The molecule has 2 atom stereocenters. The average Bonchev–Trinajstić information content (AvgIpc) is 2.02. The number of rotatable bonds is 2. The van der Waals surface area contributed by atoms with Crippen molar-refractivity contribution >= 4 is 5.97 Å². The van der Waals surface area contributed by atoms with E-state index in [1.165, 1.54) is 5.56 Å². The minimum absolute atomic E-state index is 0.151. The minimum atomic E-state index is -0.653. The van der Waals surface area contributed by atoms with Crippen molar-refractivity contribution in [2.45, 2.75) is 18.8 Å². The Balaban J connectivity index is 2.15. The third-order valence-electron chi connectivity index (χ3n) is 2.82. The summed E-state index contributed by atoms with van der Waals surface area (Å²) in [6, 6.07) is 9.91. The highest BCUT2D eigenvalue weighted by Gasteiger charge is 2.37. The Labute approximate surface area is 77.2 Å². The van der Waals surface area contributed by atoms with Gasteiger partial charge in [-0.05, 0) is 24.3 Å². The second-order valence-electron chi connectivity index (χ2n) is 3.54. The maximum Gasteiger partial charge on any atom is 0.307 e. The molecule has 1 aliphatic carbocycles. The highest BCUT2D eigenvalue weighted by atomic mass is 16.4. The molecule has 1 saturated carbocycles. The Morgan fingerprint density at radius 1 is 1.23 bits per heavy atom. The molecule has 1 N–H and O–H groups in total. The maximum absolute atomic E-state index is 10.8. The standard InChI is InChI=1S/C11H12O2/c12-11(13)10-7-6-9(10)8-4-2-1-3-5-8/h1-5,9-10H,6-7H2,(H,12,13). The van der Waals surface area contributed by atoms with Crippen LogP contribution in [-0.4, -0.2) is 11.1 Å². The first-order chi connectivity index (χ1) is 6.29. The third kappa shape index (κ3) is 1.44. The number of hydrogen-bond donors (Lipinski definition) is 1. The van der Waals surface area contributed by atoms with E-state index in [2.05, 4.69) is 0 Å². The summed E-state index contributed by atoms with van der Waals surface area (Å²) in [6.45, 7) is 0. The first kappa shape index (κ1) is 8.30. The summed E-state index contributed by atoms with van der Waals surface area (Å²) in [5.41, 5.74) is 1.17. The lowest BCUT2D eigenvalue weighted by molar-refractivity contribution is -0.145. The normalized spacial score (nSPS) is 26.5. The number of benzene rings is 1. The van der Waals surface area contributed by atoms with E-state index >= 15 is 0 Å². The Bertz CT molecular complexity index is 305. The van der Waals surface area contributed by atoms with Crippen LogP contribution in [0.25, 0.3) is 0 Å². The van der Waals surface area contributed by atoms with Crippen LogP contribution >= 0.6 is 0 Å². The molecular weight excluding hydrogens is 164 g/mol. The zero-order chi connectivity index (χ0) is 9.26. The second-order valence-corrected chi connectivity index (χ2v) is 3.54. The maximum atomic E-state index is 10.8. The first-order valence-corrected chi connectivity index (χ1v) is 4.57. The van der Waals surface area contributed by atoms with Crippen molar-refractivity contribution in [2.75, 3.05) is 0 Å². The molecule has 2 nitrogen and oxygen atoms in total. The lowest BCUT2D eigenvalue weighted by atomic mass is 9.70. The first-order valence-electron chi connectivity index (χ1n) is 4.57. The van der Waals surface area contributed by atoms with Gasteiger partial charge >= 0.3 is 5.97 Å². The number of carboxylic acids is 1. The lowest BCUT2D eigenvalue weighted by Gasteiger charge is -2.33. The van der Waals surface area contributed by atoms with Gasteiger partial charge in [0.2, 0.25) is 0 Å².